The lowest BCUT2D eigenvalue weighted by Crippen LogP contribution is -2.26. The Bertz CT molecular complexity index is 432. The molecule has 110 valence electrons. The van der Waals surface area contributed by atoms with E-state index in [4.69, 9.17) is 9.97 Å². The van der Waals surface area contributed by atoms with Crippen LogP contribution in [0.3, 0.4) is 0 Å². The summed E-state index contributed by atoms with van der Waals surface area (Å²) in [5.41, 5.74) is 1.25. The molecule has 1 aromatic rings. The SMILES string of the molecule is CNc1cc(C2CCCC2)nc(N2CCCCCC2)n1. The molecule has 0 radical (unpaired) electrons. The van der Waals surface area contributed by atoms with Gasteiger partial charge < -0.3 is 10.2 Å². The Morgan fingerprint density at radius 2 is 1.70 bits per heavy atom. The van der Waals surface area contributed by atoms with Crippen molar-refractivity contribution in [1.82, 2.24) is 9.97 Å². The molecule has 0 atom stereocenters. The second-order valence-electron chi connectivity index (χ2n) is 6.11. The average molecular weight is 274 g/mol. The quantitative estimate of drug-likeness (QED) is 0.915. The van der Waals surface area contributed by atoms with Crippen LogP contribution in [0.4, 0.5) is 11.8 Å². The van der Waals surface area contributed by atoms with Crippen LogP contribution >= 0.6 is 0 Å². The van der Waals surface area contributed by atoms with E-state index in [0.29, 0.717) is 5.92 Å². The predicted octanol–water partition coefficient (Wildman–Crippen LogP) is 3.56. The molecule has 1 aliphatic carbocycles. The Labute approximate surface area is 122 Å². The summed E-state index contributed by atoms with van der Waals surface area (Å²) in [5, 5.41) is 3.21. The van der Waals surface area contributed by atoms with Gasteiger partial charge in [0.1, 0.15) is 5.82 Å². The van der Waals surface area contributed by atoms with Crippen LogP contribution < -0.4 is 10.2 Å². The van der Waals surface area contributed by atoms with E-state index in [1.54, 1.807) is 0 Å². The summed E-state index contributed by atoms with van der Waals surface area (Å²) in [6, 6.07) is 2.15. The monoisotopic (exact) mass is 274 g/mol. The molecule has 20 heavy (non-hydrogen) atoms. The molecule has 0 amide bonds. The molecule has 2 aliphatic rings. The Balaban J connectivity index is 1.86. The van der Waals surface area contributed by atoms with Crippen LogP contribution in [0.2, 0.25) is 0 Å². The van der Waals surface area contributed by atoms with E-state index in [0.717, 1.165) is 24.9 Å². The zero-order valence-corrected chi connectivity index (χ0v) is 12.6. The van der Waals surface area contributed by atoms with Gasteiger partial charge in [-0.1, -0.05) is 25.7 Å². The van der Waals surface area contributed by atoms with E-state index in [1.807, 2.05) is 7.05 Å². The summed E-state index contributed by atoms with van der Waals surface area (Å²) in [4.78, 5) is 12.0. The van der Waals surface area contributed by atoms with Gasteiger partial charge >= 0.3 is 0 Å². The van der Waals surface area contributed by atoms with Crippen molar-refractivity contribution in [3.05, 3.63) is 11.8 Å². The number of rotatable bonds is 3. The molecule has 0 aromatic carbocycles. The van der Waals surface area contributed by atoms with Crippen molar-refractivity contribution < 1.29 is 0 Å². The summed E-state index contributed by atoms with van der Waals surface area (Å²) >= 11 is 0. The van der Waals surface area contributed by atoms with Gasteiger partial charge in [0, 0.05) is 32.1 Å². The van der Waals surface area contributed by atoms with Crippen molar-refractivity contribution in [2.45, 2.75) is 57.3 Å². The predicted molar refractivity (Wildman–Crippen MR) is 83.5 cm³/mol. The van der Waals surface area contributed by atoms with Crippen LogP contribution in [0.5, 0.6) is 0 Å². The molecule has 1 N–H and O–H groups in total. The Kier molecular flexibility index (Phi) is 4.38. The third-order valence-electron chi connectivity index (χ3n) is 4.65. The van der Waals surface area contributed by atoms with Crippen molar-refractivity contribution in [3.63, 3.8) is 0 Å². The molecule has 1 aliphatic heterocycles. The number of nitrogens with one attached hydrogen (secondary N) is 1. The topological polar surface area (TPSA) is 41.1 Å². The highest BCUT2D eigenvalue weighted by Crippen LogP contribution is 2.34. The maximum absolute atomic E-state index is 4.90. The summed E-state index contributed by atoms with van der Waals surface area (Å²) in [5.74, 6) is 2.57. The number of nitrogens with zero attached hydrogens (tertiary/aromatic N) is 3. The van der Waals surface area contributed by atoms with Gasteiger partial charge in [0.25, 0.3) is 0 Å². The lowest BCUT2D eigenvalue weighted by Gasteiger charge is -2.22. The fourth-order valence-corrected chi connectivity index (χ4v) is 3.42. The summed E-state index contributed by atoms with van der Waals surface area (Å²) in [7, 11) is 1.95. The molecule has 2 heterocycles. The van der Waals surface area contributed by atoms with Crippen LogP contribution in [-0.4, -0.2) is 30.1 Å². The van der Waals surface area contributed by atoms with Crippen molar-refractivity contribution >= 4 is 11.8 Å². The number of hydrogen-bond acceptors (Lipinski definition) is 4. The molecule has 0 spiro atoms. The number of hydrogen-bond donors (Lipinski definition) is 1. The Hall–Kier alpha value is -1.32. The van der Waals surface area contributed by atoms with Gasteiger partial charge in [0.05, 0.1) is 5.69 Å². The van der Waals surface area contributed by atoms with Crippen LogP contribution in [0.25, 0.3) is 0 Å². The van der Waals surface area contributed by atoms with Gasteiger partial charge in [-0.25, -0.2) is 4.98 Å². The van der Waals surface area contributed by atoms with Crippen molar-refractivity contribution in [2.24, 2.45) is 0 Å². The number of aromatic nitrogens is 2. The van der Waals surface area contributed by atoms with Gasteiger partial charge in [-0.15, -0.1) is 0 Å². The highest BCUT2D eigenvalue weighted by atomic mass is 15.3. The van der Waals surface area contributed by atoms with Gasteiger partial charge in [0.15, 0.2) is 0 Å². The van der Waals surface area contributed by atoms with Crippen LogP contribution in [0.1, 0.15) is 63.0 Å². The van der Waals surface area contributed by atoms with E-state index in [1.165, 1.54) is 57.1 Å². The number of anilines is 2. The minimum atomic E-state index is 0.649. The minimum absolute atomic E-state index is 0.649. The fourth-order valence-electron chi connectivity index (χ4n) is 3.42. The van der Waals surface area contributed by atoms with Crippen molar-refractivity contribution in [3.8, 4) is 0 Å². The van der Waals surface area contributed by atoms with E-state index >= 15 is 0 Å². The zero-order valence-electron chi connectivity index (χ0n) is 12.6. The molecule has 0 bridgehead atoms. The summed E-state index contributed by atoms with van der Waals surface area (Å²) < 4.78 is 0. The Morgan fingerprint density at radius 3 is 2.35 bits per heavy atom. The molecular weight excluding hydrogens is 248 g/mol. The first-order chi connectivity index (χ1) is 9.86. The van der Waals surface area contributed by atoms with Crippen LogP contribution in [0, 0.1) is 0 Å². The third kappa shape index (κ3) is 3.05. The summed E-state index contributed by atoms with van der Waals surface area (Å²) in [6.45, 7) is 2.22. The second kappa shape index (κ2) is 6.42. The van der Waals surface area contributed by atoms with Crippen LogP contribution in [-0.2, 0) is 0 Å². The molecule has 4 nitrogen and oxygen atoms in total. The first kappa shape index (κ1) is 13.7. The second-order valence-corrected chi connectivity index (χ2v) is 6.11. The van der Waals surface area contributed by atoms with Crippen molar-refractivity contribution in [2.75, 3.05) is 30.4 Å². The van der Waals surface area contributed by atoms with E-state index in [9.17, 15) is 0 Å². The average Bonchev–Trinajstić information content (AvgIpc) is 2.89. The molecule has 3 rings (SSSR count). The molecule has 4 heteroatoms. The highest BCUT2D eigenvalue weighted by Gasteiger charge is 2.21. The maximum Gasteiger partial charge on any atom is 0.227 e. The van der Waals surface area contributed by atoms with E-state index in [-0.39, 0.29) is 0 Å². The first-order valence-electron chi connectivity index (χ1n) is 8.18. The van der Waals surface area contributed by atoms with Gasteiger partial charge in [0.2, 0.25) is 5.95 Å². The van der Waals surface area contributed by atoms with Gasteiger partial charge in [-0.05, 0) is 25.7 Å². The highest BCUT2D eigenvalue weighted by molar-refractivity contribution is 5.44. The molecular formula is C16H26N4. The fraction of sp³-hybridized carbons (Fsp3) is 0.750. The van der Waals surface area contributed by atoms with Gasteiger partial charge in [-0.2, -0.15) is 4.98 Å². The molecule has 0 unspecified atom stereocenters. The lowest BCUT2D eigenvalue weighted by molar-refractivity contribution is 0.683. The maximum atomic E-state index is 4.90. The zero-order chi connectivity index (χ0) is 13.8. The Morgan fingerprint density at radius 1 is 1.00 bits per heavy atom. The lowest BCUT2D eigenvalue weighted by atomic mass is 10.0. The summed E-state index contributed by atoms with van der Waals surface area (Å²) in [6.07, 6.45) is 10.5. The third-order valence-corrected chi connectivity index (χ3v) is 4.65. The normalized spacial score (nSPS) is 20.9. The smallest absolute Gasteiger partial charge is 0.227 e. The standard InChI is InChI=1S/C16H26N4/c1-17-15-12-14(13-8-4-5-9-13)18-16(19-15)20-10-6-2-3-7-11-20/h12-13H,2-11H2,1H3,(H,17,18,19). The largest absolute Gasteiger partial charge is 0.373 e. The molecule has 1 saturated heterocycles. The molecule has 2 fully saturated rings. The van der Waals surface area contributed by atoms with E-state index < -0.39 is 0 Å². The minimum Gasteiger partial charge on any atom is -0.373 e. The van der Waals surface area contributed by atoms with Gasteiger partial charge in [-0.3, -0.25) is 0 Å². The van der Waals surface area contributed by atoms with Crippen molar-refractivity contribution in [1.29, 1.82) is 0 Å². The molecule has 1 saturated carbocycles. The van der Waals surface area contributed by atoms with E-state index in [2.05, 4.69) is 16.3 Å². The first-order valence-corrected chi connectivity index (χ1v) is 8.18. The molecule has 1 aromatic heterocycles. The van der Waals surface area contributed by atoms with Crippen LogP contribution in [0.15, 0.2) is 6.07 Å².